The van der Waals surface area contributed by atoms with Crippen LogP contribution < -0.4 is 14.2 Å². The van der Waals surface area contributed by atoms with Crippen molar-refractivity contribution in [2.24, 2.45) is 0 Å². The van der Waals surface area contributed by atoms with E-state index in [9.17, 15) is 8.42 Å². The summed E-state index contributed by atoms with van der Waals surface area (Å²) in [5.41, 5.74) is 2.59. The highest BCUT2D eigenvalue weighted by atomic mass is 32.2. The van der Waals surface area contributed by atoms with E-state index in [1.54, 1.807) is 19.1 Å². The van der Waals surface area contributed by atoms with E-state index < -0.39 is 10.0 Å². The number of fused-ring (bicyclic) bond motifs is 1. The van der Waals surface area contributed by atoms with Crippen molar-refractivity contribution < 1.29 is 17.9 Å². The van der Waals surface area contributed by atoms with Crippen LogP contribution in [0.15, 0.2) is 41.3 Å². The molecule has 0 saturated heterocycles. The maximum absolute atomic E-state index is 12.7. The summed E-state index contributed by atoms with van der Waals surface area (Å²) in [6.45, 7) is 6.58. The van der Waals surface area contributed by atoms with Crippen LogP contribution in [0.4, 0.5) is 0 Å². The number of hydrogen-bond acceptors (Lipinski definition) is 4. The normalized spacial score (nSPS) is 15.1. The van der Waals surface area contributed by atoms with Gasteiger partial charge in [-0.3, -0.25) is 0 Å². The highest BCUT2D eigenvalue weighted by Crippen LogP contribution is 2.33. The van der Waals surface area contributed by atoms with Crippen molar-refractivity contribution in [2.75, 3.05) is 13.2 Å². The molecule has 1 atom stereocenters. The topological polar surface area (TPSA) is 64.6 Å². The zero-order valence-electron chi connectivity index (χ0n) is 14.0. The molecule has 0 aliphatic carbocycles. The van der Waals surface area contributed by atoms with Crippen molar-refractivity contribution in [3.63, 3.8) is 0 Å². The lowest BCUT2D eigenvalue weighted by molar-refractivity contribution is 0.171. The molecule has 0 amide bonds. The Morgan fingerprint density at radius 3 is 2.42 bits per heavy atom. The van der Waals surface area contributed by atoms with Crippen LogP contribution in [0.3, 0.4) is 0 Å². The average molecular weight is 347 g/mol. The summed E-state index contributed by atoms with van der Waals surface area (Å²) in [7, 11) is -3.60. The number of rotatable bonds is 4. The standard InChI is InChI=1S/C18H21NO4S/c1-12-4-7-18(13(2)10-12)24(20,21)19-14(3)15-5-6-16-17(11-15)23-9-8-22-16/h4-7,10-11,14,19H,8-9H2,1-3H3. The van der Waals surface area contributed by atoms with Gasteiger partial charge in [-0.25, -0.2) is 13.1 Å². The van der Waals surface area contributed by atoms with Crippen LogP contribution in [0.2, 0.25) is 0 Å². The van der Waals surface area contributed by atoms with Gasteiger partial charge in [-0.1, -0.05) is 23.8 Å². The smallest absolute Gasteiger partial charge is 0.241 e. The maximum Gasteiger partial charge on any atom is 0.241 e. The molecule has 24 heavy (non-hydrogen) atoms. The molecule has 0 bridgehead atoms. The van der Waals surface area contributed by atoms with Crippen LogP contribution in [-0.2, 0) is 10.0 Å². The van der Waals surface area contributed by atoms with Crippen LogP contribution >= 0.6 is 0 Å². The summed E-state index contributed by atoms with van der Waals surface area (Å²) < 4.78 is 39.1. The van der Waals surface area contributed by atoms with Crippen LogP contribution in [-0.4, -0.2) is 21.6 Å². The maximum atomic E-state index is 12.7. The zero-order chi connectivity index (χ0) is 17.3. The van der Waals surface area contributed by atoms with Crippen LogP contribution in [0, 0.1) is 13.8 Å². The van der Waals surface area contributed by atoms with Gasteiger partial charge in [0.2, 0.25) is 10.0 Å². The molecule has 0 saturated carbocycles. The summed E-state index contributed by atoms with van der Waals surface area (Å²) in [5, 5.41) is 0. The number of sulfonamides is 1. The third-order valence-electron chi connectivity index (χ3n) is 4.02. The molecule has 1 aliphatic rings. The van der Waals surface area contributed by atoms with Crippen molar-refractivity contribution in [2.45, 2.75) is 31.7 Å². The third kappa shape index (κ3) is 3.39. The van der Waals surface area contributed by atoms with E-state index in [1.165, 1.54) is 0 Å². The Labute approximate surface area is 142 Å². The lowest BCUT2D eigenvalue weighted by Crippen LogP contribution is -2.27. The zero-order valence-corrected chi connectivity index (χ0v) is 14.8. The van der Waals surface area contributed by atoms with Gasteiger partial charge < -0.3 is 9.47 Å². The molecule has 0 radical (unpaired) electrons. The molecular formula is C18H21NO4S. The van der Waals surface area contributed by atoms with Crippen molar-refractivity contribution in [3.8, 4) is 11.5 Å². The molecule has 1 unspecified atom stereocenters. The predicted molar refractivity (Wildman–Crippen MR) is 92.1 cm³/mol. The molecule has 128 valence electrons. The fourth-order valence-electron chi connectivity index (χ4n) is 2.79. The summed E-state index contributed by atoms with van der Waals surface area (Å²) in [4.78, 5) is 0.303. The first-order chi connectivity index (χ1) is 11.4. The largest absolute Gasteiger partial charge is 0.486 e. The number of hydrogen-bond donors (Lipinski definition) is 1. The van der Waals surface area contributed by atoms with Crippen molar-refractivity contribution in [3.05, 3.63) is 53.1 Å². The first-order valence-corrected chi connectivity index (χ1v) is 9.34. The van der Waals surface area contributed by atoms with Gasteiger partial charge in [0, 0.05) is 6.04 Å². The molecule has 3 rings (SSSR count). The van der Waals surface area contributed by atoms with Gasteiger partial charge in [0.05, 0.1) is 4.90 Å². The molecule has 0 spiro atoms. The van der Waals surface area contributed by atoms with Crippen molar-refractivity contribution in [1.82, 2.24) is 4.72 Å². The summed E-state index contributed by atoms with van der Waals surface area (Å²) in [6, 6.07) is 10.4. The molecule has 2 aromatic rings. The van der Waals surface area contributed by atoms with Gasteiger partial charge >= 0.3 is 0 Å². The number of ether oxygens (including phenoxy) is 2. The van der Waals surface area contributed by atoms with Gasteiger partial charge in [0.1, 0.15) is 13.2 Å². The fraction of sp³-hybridized carbons (Fsp3) is 0.333. The minimum atomic E-state index is -3.60. The van der Waals surface area contributed by atoms with Gasteiger partial charge in [-0.15, -0.1) is 0 Å². The Hall–Kier alpha value is -2.05. The van der Waals surface area contributed by atoms with E-state index in [-0.39, 0.29) is 6.04 Å². The highest BCUT2D eigenvalue weighted by molar-refractivity contribution is 7.89. The average Bonchev–Trinajstić information content (AvgIpc) is 2.53. The van der Waals surface area contributed by atoms with Crippen LogP contribution in [0.1, 0.15) is 29.7 Å². The van der Waals surface area contributed by atoms with Gasteiger partial charge in [-0.2, -0.15) is 0 Å². The van der Waals surface area contributed by atoms with Crippen LogP contribution in [0.5, 0.6) is 11.5 Å². The Morgan fingerprint density at radius 1 is 1.00 bits per heavy atom. The Morgan fingerprint density at radius 2 is 1.71 bits per heavy atom. The number of benzene rings is 2. The first kappa shape index (κ1) is 16.8. The molecule has 1 heterocycles. The molecule has 0 fully saturated rings. The van der Waals surface area contributed by atoms with E-state index in [4.69, 9.17) is 9.47 Å². The third-order valence-corrected chi connectivity index (χ3v) is 5.72. The van der Waals surface area contributed by atoms with Crippen molar-refractivity contribution >= 4 is 10.0 Å². The van der Waals surface area contributed by atoms with E-state index in [0.717, 1.165) is 16.7 Å². The summed E-state index contributed by atoms with van der Waals surface area (Å²) in [6.07, 6.45) is 0. The lowest BCUT2D eigenvalue weighted by Gasteiger charge is -2.21. The summed E-state index contributed by atoms with van der Waals surface area (Å²) in [5.74, 6) is 1.34. The second-order valence-electron chi connectivity index (χ2n) is 6.02. The van der Waals surface area contributed by atoms with Gasteiger partial charge in [-0.05, 0) is 50.1 Å². The van der Waals surface area contributed by atoms with Gasteiger partial charge in [0.25, 0.3) is 0 Å². The minimum absolute atomic E-state index is 0.303. The second kappa shape index (κ2) is 6.45. The van der Waals surface area contributed by atoms with E-state index in [1.807, 2.05) is 38.1 Å². The van der Waals surface area contributed by atoms with Crippen molar-refractivity contribution in [1.29, 1.82) is 0 Å². The minimum Gasteiger partial charge on any atom is -0.486 e. The molecule has 1 N–H and O–H groups in total. The SMILES string of the molecule is Cc1ccc(S(=O)(=O)NC(C)c2ccc3c(c2)OCCO3)c(C)c1. The molecule has 0 aromatic heterocycles. The highest BCUT2D eigenvalue weighted by Gasteiger charge is 2.21. The fourth-order valence-corrected chi connectivity index (χ4v) is 4.25. The Kier molecular flexibility index (Phi) is 4.51. The van der Waals surface area contributed by atoms with E-state index in [0.29, 0.717) is 29.6 Å². The van der Waals surface area contributed by atoms with E-state index >= 15 is 0 Å². The van der Waals surface area contributed by atoms with Crippen LogP contribution in [0.25, 0.3) is 0 Å². The number of aryl methyl sites for hydroxylation is 2. The predicted octanol–water partition coefficient (Wildman–Crippen LogP) is 3.11. The Bertz CT molecular complexity index is 861. The molecule has 2 aromatic carbocycles. The monoisotopic (exact) mass is 347 g/mol. The second-order valence-corrected chi connectivity index (χ2v) is 7.70. The Balaban J connectivity index is 1.84. The van der Waals surface area contributed by atoms with Gasteiger partial charge in [0.15, 0.2) is 11.5 Å². The number of nitrogens with one attached hydrogen (secondary N) is 1. The quantitative estimate of drug-likeness (QED) is 0.923. The summed E-state index contributed by atoms with van der Waals surface area (Å²) >= 11 is 0. The van der Waals surface area contributed by atoms with E-state index in [2.05, 4.69) is 4.72 Å². The lowest BCUT2D eigenvalue weighted by atomic mass is 10.1. The molecule has 1 aliphatic heterocycles. The molecule has 5 nitrogen and oxygen atoms in total. The first-order valence-electron chi connectivity index (χ1n) is 7.86. The molecule has 6 heteroatoms. The molecular weight excluding hydrogens is 326 g/mol.